The zero-order chi connectivity index (χ0) is 13.0. The highest BCUT2D eigenvalue weighted by Gasteiger charge is 2.20. The second-order valence-corrected chi connectivity index (χ2v) is 5.22. The van der Waals surface area contributed by atoms with Crippen LogP contribution in [-0.4, -0.2) is 23.1 Å². The number of aryl methyl sites for hydroxylation is 1. The summed E-state index contributed by atoms with van der Waals surface area (Å²) in [5.41, 5.74) is 7.62. The van der Waals surface area contributed by atoms with E-state index in [9.17, 15) is 0 Å². The Hall–Kier alpha value is -1.16. The molecule has 100 valence electrons. The molecule has 4 nitrogen and oxygen atoms in total. The average Bonchev–Trinajstić information content (AvgIpc) is 2.39. The van der Waals surface area contributed by atoms with Crippen LogP contribution in [0, 0.1) is 12.8 Å². The van der Waals surface area contributed by atoms with Crippen molar-refractivity contribution in [3.8, 4) is 0 Å². The second-order valence-electron chi connectivity index (χ2n) is 5.22. The van der Waals surface area contributed by atoms with Gasteiger partial charge in [0.2, 0.25) is 5.95 Å². The number of rotatable bonds is 4. The van der Waals surface area contributed by atoms with Crippen LogP contribution in [0.15, 0.2) is 6.07 Å². The lowest BCUT2D eigenvalue weighted by atomic mass is 9.93. The zero-order valence-electron chi connectivity index (χ0n) is 11.5. The fourth-order valence-corrected chi connectivity index (χ4v) is 2.69. The first kappa shape index (κ1) is 13.3. The quantitative estimate of drug-likeness (QED) is 0.888. The van der Waals surface area contributed by atoms with Crippen LogP contribution in [0.4, 0.5) is 5.95 Å². The standard InChI is InChI=1S/C14H24N4/c1-3-4-12-5-7-18(8-6-12)14-16-11(2)9-13(10-15)17-14/h9,12H,3-8,10,15H2,1-2H3. The minimum Gasteiger partial charge on any atom is -0.341 e. The van der Waals surface area contributed by atoms with E-state index in [2.05, 4.69) is 21.8 Å². The van der Waals surface area contributed by atoms with Crippen LogP contribution < -0.4 is 10.6 Å². The van der Waals surface area contributed by atoms with Gasteiger partial charge in [0.25, 0.3) is 0 Å². The van der Waals surface area contributed by atoms with Gasteiger partial charge in [-0.05, 0) is 31.7 Å². The number of hydrogen-bond donors (Lipinski definition) is 1. The van der Waals surface area contributed by atoms with E-state index in [0.717, 1.165) is 36.3 Å². The molecule has 0 atom stereocenters. The van der Waals surface area contributed by atoms with Crippen molar-refractivity contribution in [2.45, 2.75) is 46.1 Å². The maximum atomic E-state index is 5.67. The van der Waals surface area contributed by atoms with E-state index in [1.54, 1.807) is 0 Å². The molecule has 1 aliphatic rings. The second kappa shape index (κ2) is 6.14. The molecule has 1 aromatic rings. The van der Waals surface area contributed by atoms with Crippen molar-refractivity contribution in [2.75, 3.05) is 18.0 Å². The van der Waals surface area contributed by atoms with Gasteiger partial charge in [-0.15, -0.1) is 0 Å². The van der Waals surface area contributed by atoms with E-state index in [1.165, 1.54) is 25.7 Å². The predicted molar refractivity (Wildman–Crippen MR) is 74.5 cm³/mol. The Balaban J connectivity index is 2.02. The lowest BCUT2D eigenvalue weighted by Crippen LogP contribution is -2.35. The maximum Gasteiger partial charge on any atom is 0.225 e. The van der Waals surface area contributed by atoms with Gasteiger partial charge in [0, 0.05) is 25.3 Å². The van der Waals surface area contributed by atoms with Crippen LogP contribution in [0.2, 0.25) is 0 Å². The molecule has 4 heteroatoms. The monoisotopic (exact) mass is 248 g/mol. The number of nitrogens with two attached hydrogens (primary N) is 1. The average molecular weight is 248 g/mol. The van der Waals surface area contributed by atoms with E-state index in [0.29, 0.717) is 6.54 Å². The van der Waals surface area contributed by atoms with Gasteiger partial charge >= 0.3 is 0 Å². The van der Waals surface area contributed by atoms with Gasteiger partial charge in [-0.3, -0.25) is 0 Å². The van der Waals surface area contributed by atoms with Gasteiger partial charge in [-0.1, -0.05) is 19.8 Å². The topological polar surface area (TPSA) is 55.0 Å². The van der Waals surface area contributed by atoms with Gasteiger partial charge in [0.05, 0.1) is 5.69 Å². The summed E-state index contributed by atoms with van der Waals surface area (Å²) in [6.45, 7) is 6.93. The SMILES string of the molecule is CCCC1CCN(c2nc(C)cc(CN)n2)CC1. The Morgan fingerprint density at radius 3 is 2.67 bits per heavy atom. The van der Waals surface area contributed by atoms with Crippen LogP contribution in [0.5, 0.6) is 0 Å². The fraction of sp³-hybridized carbons (Fsp3) is 0.714. The molecule has 0 bridgehead atoms. The molecule has 2 rings (SSSR count). The zero-order valence-corrected chi connectivity index (χ0v) is 11.5. The van der Waals surface area contributed by atoms with Crippen molar-refractivity contribution < 1.29 is 0 Å². The molecule has 2 heterocycles. The van der Waals surface area contributed by atoms with Crippen LogP contribution >= 0.6 is 0 Å². The minimum absolute atomic E-state index is 0.489. The molecule has 1 saturated heterocycles. The van der Waals surface area contributed by atoms with Crippen LogP contribution in [0.1, 0.15) is 44.0 Å². The van der Waals surface area contributed by atoms with Gasteiger partial charge in [0.1, 0.15) is 0 Å². The lowest BCUT2D eigenvalue weighted by molar-refractivity contribution is 0.376. The summed E-state index contributed by atoms with van der Waals surface area (Å²) in [6, 6.07) is 1.97. The summed E-state index contributed by atoms with van der Waals surface area (Å²) in [5.74, 6) is 1.76. The van der Waals surface area contributed by atoms with Crippen molar-refractivity contribution >= 4 is 5.95 Å². The third kappa shape index (κ3) is 3.19. The van der Waals surface area contributed by atoms with Crippen LogP contribution in [0.3, 0.4) is 0 Å². The Morgan fingerprint density at radius 2 is 2.06 bits per heavy atom. The molecule has 0 unspecified atom stereocenters. The third-order valence-corrected chi connectivity index (χ3v) is 3.70. The van der Waals surface area contributed by atoms with Gasteiger partial charge in [-0.2, -0.15) is 0 Å². The van der Waals surface area contributed by atoms with Crippen LogP contribution in [0.25, 0.3) is 0 Å². The van der Waals surface area contributed by atoms with Crippen molar-refractivity contribution in [3.63, 3.8) is 0 Å². The molecule has 2 N–H and O–H groups in total. The normalized spacial score (nSPS) is 17.2. The number of piperidine rings is 1. The fourth-order valence-electron chi connectivity index (χ4n) is 2.69. The predicted octanol–water partition coefficient (Wildman–Crippen LogP) is 2.26. The number of nitrogens with zero attached hydrogens (tertiary/aromatic N) is 3. The minimum atomic E-state index is 0.489. The molecule has 0 amide bonds. The molecule has 18 heavy (non-hydrogen) atoms. The molecular formula is C14H24N4. The first-order valence-corrected chi connectivity index (χ1v) is 7.02. The first-order chi connectivity index (χ1) is 8.72. The number of anilines is 1. The molecule has 1 aromatic heterocycles. The lowest BCUT2D eigenvalue weighted by Gasteiger charge is -2.32. The van der Waals surface area contributed by atoms with Gasteiger partial charge in [-0.25, -0.2) is 9.97 Å². The Bertz CT molecular complexity index is 383. The van der Waals surface area contributed by atoms with Crippen molar-refractivity contribution in [1.82, 2.24) is 9.97 Å². The summed E-state index contributed by atoms with van der Waals surface area (Å²) < 4.78 is 0. The number of hydrogen-bond acceptors (Lipinski definition) is 4. The maximum absolute atomic E-state index is 5.67. The molecule has 0 aliphatic carbocycles. The van der Waals surface area contributed by atoms with E-state index >= 15 is 0 Å². The van der Waals surface area contributed by atoms with Crippen molar-refractivity contribution in [2.24, 2.45) is 11.7 Å². The summed E-state index contributed by atoms with van der Waals surface area (Å²) in [6.07, 6.45) is 5.19. The Kier molecular flexibility index (Phi) is 4.53. The summed E-state index contributed by atoms with van der Waals surface area (Å²) in [5, 5.41) is 0. The summed E-state index contributed by atoms with van der Waals surface area (Å²) in [4.78, 5) is 11.4. The van der Waals surface area contributed by atoms with E-state index in [4.69, 9.17) is 5.73 Å². The molecule has 0 aromatic carbocycles. The smallest absolute Gasteiger partial charge is 0.225 e. The highest BCUT2D eigenvalue weighted by Crippen LogP contribution is 2.24. The van der Waals surface area contributed by atoms with Crippen molar-refractivity contribution in [3.05, 3.63) is 17.5 Å². The Morgan fingerprint density at radius 1 is 1.33 bits per heavy atom. The van der Waals surface area contributed by atoms with E-state index in [-0.39, 0.29) is 0 Å². The Labute approximate surface area is 110 Å². The molecule has 0 spiro atoms. The highest BCUT2D eigenvalue weighted by molar-refractivity contribution is 5.32. The third-order valence-electron chi connectivity index (χ3n) is 3.70. The molecule has 0 radical (unpaired) electrons. The summed E-state index contributed by atoms with van der Waals surface area (Å²) >= 11 is 0. The summed E-state index contributed by atoms with van der Waals surface area (Å²) in [7, 11) is 0. The molecule has 1 aliphatic heterocycles. The van der Waals surface area contributed by atoms with Crippen LogP contribution in [-0.2, 0) is 6.54 Å². The van der Waals surface area contributed by atoms with Gasteiger partial charge in [0.15, 0.2) is 0 Å². The number of aromatic nitrogens is 2. The highest BCUT2D eigenvalue weighted by atomic mass is 15.3. The molecular weight excluding hydrogens is 224 g/mol. The molecule has 0 saturated carbocycles. The first-order valence-electron chi connectivity index (χ1n) is 7.02. The van der Waals surface area contributed by atoms with E-state index in [1.807, 2.05) is 13.0 Å². The largest absolute Gasteiger partial charge is 0.341 e. The van der Waals surface area contributed by atoms with Crippen molar-refractivity contribution in [1.29, 1.82) is 0 Å². The van der Waals surface area contributed by atoms with E-state index < -0.39 is 0 Å². The van der Waals surface area contributed by atoms with Gasteiger partial charge < -0.3 is 10.6 Å². The molecule has 1 fully saturated rings.